The van der Waals surface area contributed by atoms with Crippen LogP contribution in [0.2, 0.25) is 0 Å². The molecule has 0 aliphatic carbocycles. The summed E-state index contributed by atoms with van der Waals surface area (Å²) < 4.78 is 29.6. The average molecular weight is 259 g/mol. The Morgan fingerprint density at radius 1 is 1.47 bits per heavy atom. The molecule has 0 spiro atoms. The van der Waals surface area contributed by atoms with Gasteiger partial charge < -0.3 is 9.84 Å². The topological polar surface area (TPSA) is 92.7 Å². The Bertz CT molecular complexity index is 523. The third-order valence-corrected chi connectivity index (χ3v) is 3.25. The number of sulfonamides is 1. The molecule has 0 atom stereocenters. The molecule has 94 valence electrons. The first-order chi connectivity index (χ1) is 7.85. The largest absolute Gasteiger partial charge is 0.508 e. The van der Waals surface area contributed by atoms with Crippen molar-refractivity contribution < 1.29 is 23.1 Å². The van der Waals surface area contributed by atoms with Crippen molar-refractivity contribution in [2.24, 2.45) is 0 Å². The molecule has 1 aromatic carbocycles. The maximum atomic E-state index is 11.5. The number of carbonyl (C=O) groups excluding carboxylic acids is 1. The number of anilines is 1. The van der Waals surface area contributed by atoms with Crippen LogP contribution in [0.3, 0.4) is 0 Å². The Hall–Kier alpha value is -1.76. The highest BCUT2D eigenvalue weighted by molar-refractivity contribution is 7.93. The lowest BCUT2D eigenvalue weighted by Crippen LogP contribution is -2.23. The predicted molar refractivity (Wildman–Crippen MR) is 62.3 cm³/mol. The summed E-state index contributed by atoms with van der Waals surface area (Å²) in [5.41, 5.74) is 0.620. The lowest BCUT2D eigenvalue weighted by molar-refractivity contribution is -0.137. The van der Waals surface area contributed by atoms with Crippen molar-refractivity contribution in [3.05, 3.63) is 23.8 Å². The van der Waals surface area contributed by atoms with Crippen molar-refractivity contribution >= 4 is 21.7 Å². The smallest absolute Gasteiger partial charge is 0.322 e. The predicted octanol–water partition coefficient (Wildman–Crippen LogP) is 0.615. The van der Waals surface area contributed by atoms with Crippen molar-refractivity contribution in [3.8, 4) is 5.75 Å². The molecule has 6 nitrogen and oxygen atoms in total. The van der Waals surface area contributed by atoms with E-state index in [0.29, 0.717) is 5.56 Å². The van der Waals surface area contributed by atoms with Crippen molar-refractivity contribution in [2.75, 3.05) is 17.6 Å². The fraction of sp³-hybridized carbons (Fsp3) is 0.300. The summed E-state index contributed by atoms with van der Waals surface area (Å²) >= 11 is 0. The molecule has 0 amide bonds. The van der Waals surface area contributed by atoms with E-state index in [9.17, 15) is 18.3 Å². The second-order valence-electron chi connectivity index (χ2n) is 3.39. The third-order valence-electron chi connectivity index (χ3n) is 2.11. The molecule has 0 bridgehead atoms. The molecule has 0 saturated carbocycles. The summed E-state index contributed by atoms with van der Waals surface area (Å²) in [5.74, 6) is -1.64. The van der Waals surface area contributed by atoms with Crippen LogP contribution in [0.5, 0.6) is 5.75 Å². The molecule has 1 rings (SSSR count). The van der Waals surface area contributed by atoms with Crippen LogP contribution in [0.4, 0.5) is 5.69 Å². The van der Waals surface area contributed by atoms with E-state index in [-0.39, 0.29) is 11.4 Å². The number of esters is 1. The number of benzene rings is 1. The quantitative estimate of drug-likeness (QED) is 0.773. The van der Waals surface area contributed by atoms with Crippen LogP contribution in [-0.2, 0) is 19.6 Å². The molecule has 1 aromatic rings. The van der Waals surface area contributed by atoms with Crippen molar-refractivity contribution in [3.63, 3.8) is 0 Å². The number of aromatic hydroxyl groups is 1. The zero-order valence-electron chi connectivity index (χ0n) is 9.43. The Morgan fingerprint density at radius 3 is 2.71 bits per heavy atom. The molecule has 0 unspecified atom stereocenters. The van der Waals surface area contributed by atoms with Gasteiger partial charge in [0.25, 0.3) is 0 Å². The lowest BCUT2D eigenvalue weighted by atomic mass is 10.2. The SMILES string of the molecule is COC(=O)CS(=O)(=O)Nc1cccc(O)c1C. The summed E-state index contributed by atoms with van der Waals surface area (Å²) in [6.45, 7) is 1.56. The van der Waals surface area contributed by atoms with Gasteiger partial charge in [-0.3, -0.25) is 9.52 Å². The number of carbonyl (C=O) groups is 1. The highest BCUT2D eigenvalue weighted by Crippen LogP contribution is 2.24. The Labute approximate surface area is 99.3 Å². The van der Waals surface area contributed by atoms with Gasteiger partial charge >= 0.3 is 5.97 Å². The number of phenolic OH excluding ortho intramolecular Hbond substituents is 1. The van der Waals surface area contributed by atoms with E-state index >= 15 is 0 Å². The number of hydrogen-bond donors (Lipinski definition) is 2. The third kappa shape index (κ3) is 3.63. The van der Waals surface area contributed by atoms with Crippen LogP contribution in [-0.4, -0.2) is 32.4 Å². The van der Waals surface area contributed by atoms with Crippen LogP contribution < -0.4 is 4.72 Å². The molecule has 0 heterocycles. The second-order valence-corrected chi connectivity index (χ2v) is 5.11. The summed E-state index contributed by atoms with van der Waals surface area (Å²) in [6, 6.07) is 4.43. The Balaban J connectivity index is 2.91. The van der Waals surface area contributed by atoms with Crippen LogP contribution in [0.1, 0.15) is 5.56 Å². The number of hydrogen-bond acceptors (Lipinski definition) is 5. The molecule has 0 aliphatic heterocycles. The van der Waals surface area contributed by atoms with Gasteiger partial charge in [-0.1, -0.05) is 6.07 Å². The van der Waals surface area contributed by atoms with E-state index < -0.39 is 21.7 Å². The molecule has 0 aliphatic rings. The average Bonchev–Trinajstić information content (AvgIpc) is 2.23. The van der Waals surface area contributed by atoms with E-state index in [2.05, 4.69) is 9.46 Å². The lowest BCUT2D eigenvalue weighted by Gasteiger charge is -2.10. The molecule has 0 saturated heterocycles. The van der Waals surface area contributed by atoms with Crippen LogP contribution >= 0.6 is 0 Å². The molecular formula is C10H13NO5S. The Kier molecular flexibility index (Phi) is 3.95. The van der Waals surface area contributed by atoms with Crippen LogP contribution in [0, 0.1) is 6.92 Å². The molecule has 2 N–H and O–H groups in total. The van der Waals surface area contributed by atoms with Gasteiger partial charge in [-0.2, -0.15) is 0 Å². The minimum absolute atomic E-state index is 0.0248. The fourth-order valence-electron chi connectivity index (χ4n) is 1.15. The molecule has 7 heteroatoms. The number of rotatable bonds is 4. The summed E-state index contributed by atoms with van der Waals surface area (Å²) in [7, 11) is -2.71. The van der Waals surface area contributed by atoms with Gasteiger partial charge in [0.15, 0.2) is 5.75 Å². The number of phenols is 1. The van der Waals surface area contributed by atoms with Gasteiger partial charge in [0.1, 0.15) is 5.75 Å². The van der Waals surface area contributed by atoms with E-state index in [1.807, 2.05) is 0 Å². The molecule has 0 aromatic heterocycles. The minimum atomic E-state index is -3.82. The van der Waals surface area contributed by atoms with Gasteiger partial charge in [0.2, 0.25) is 10.0 Å². The van der Waals surface area contributed by atoms with E-state index in [1.165, 1.54) is 18.2 Å². The zero-order valence-corrected chi connectivity index (χ0v) is 10.2. The minimum Gasteiger partial charge on any atom is -0.508 e. The van der Waals surface area contributed by atoms with E-state index in [0.717, 1.165) is 7.11 Å². The summed E-state index contributed by atoms with van der Waals surface area (Å²) in [4.78, 5) is 10.9. The molecule has 0 fully saturated rings. The van der Waals surface area contributed by atoms with Crippen molar-refractivity contribution in [1.29, 1.82) is 0 Å². The van der Waals surface area contributed by atoms with E-state index in [1.54, 1.807) is 6.92 Å². The highest BCUT2D eigenvalue weighted by Gasteiger charge is 2.18. The van der Waals surface area contributed by atoms with Gasteiger partial charge in [-0.25, -0.2) is 8.42 Å². The van der Waals surface area contributed by atoms with Crippen molar-refractivity contribution in [2.45, 2.75) is 6.92 Å². The van der Waals surface area contributed by atoms with Gasteiger partial charge in [0, 0.05) is 5.56 Å². The van der Waals surface area contributed by atoms with Gasteiger partial charge in [0.05, 0.1) is 12.8 Å². The van der Waals surface area contributed by atoms with Gasteiger partial charge in [-0.15, -0.1) is 0 Å². The molecule has 0 radical (unpaired) electrons. The van der Waals surface area contributed by atoms with Crippen molar-refractivity contribution in [1.82, 2.24) is 0 Å². The van der Waals surface area contributed by atoms with Crippen LogP contribution in [0.15, 0.2) is 18.2 Å². The first-order valence-electron chi connectivity index (χ1n) is 4.71. The zero-order chi connectivity index (χ0) is 13.1. The maximum Gasteiger partial charge on any atom is 0.322 e. The first-order valence-corrected chi connectivity index (χ1v) is 6.37. The maximum absolute atomic E-state index is 11.5. The van der Waals surface area contributed by atoms with Gasteiger partial charge in [-0.05, 0) is 19.1 Å². The normalized spacial score (nSPS) is 10.9. The number of nitrogens with one attached hydrogen (secondary N) is 1. The highest BCUT2D eigenvalue weighted by atomic mass is 32.2. The number of ether oxygens (including phenoxy) is 1. The fourth-order valence-corrected chi connectivity index (χ4v) is 2.21. The monoisotopic (exact) mass is 259 g/mol. The Morgan fingerprint density at radius 2 is 2.12 bits per heavy atom. The van der Waals surface area contributed by atoms with E-state index in [4.69, 9.17) is 0 Å². The second kappa shape index (κ2) is 5.05. The van der Waals surface area contributed by atoms with Crippen LogP contribution in [0.25, 0.3) is 0 Å². The standard InChI is InChI=1S/C10H13NO5S/c1-7-8(4-3-5-9(7)12)11-17(14,15)6-10(13)16-2/h3-5,11-12H,6H2,1-2H3. The summed E-state index contributed by atoms with van der Waals surface area (Å²) in [5, 5.41) is 9.40. The number of methoxy groups -OCH3 is 1. The first kappa shape index (κ1) is 13.3. The molecular weight excluding hydrogens is 246 g/mol. The molecule has 17 heavy (non-hydrogen) atoms. The summed E-state index contributed by atoms with van der Waals surface area (Å²) in [6.07, 6.45) is 0.